The van der Waals surface area contributed by atoms with Gasteiger partial charge in [-0.1, -0.05) is 48.0 Å². The smallest absolute Gasteiger partial charge is 0.254 e. The van der Waals surface area contributed by atoms with Crippen LogP contribution in [-0.4, -0.2) is 40.2 Å². The molecule has 4 rings (SSSR count). The molecule has 2 aromatic carbocycles. The lowest BCUT2D eigenvalue weighted by Gasteiger charge is -2.32. The van der Waals surface area contributed by atoms with Gasteiger partial charge >= 0.3 is 0 Å². The van der Waals surface area contributed by atoms with Crippen LogP contribution in [0.15, 0.2) is 60.8 Å². The average Bonchev–Trinajstić information content (AvgIpc) is 3.14. The first-order chi connectivity index (χ1) is 14.6. The molecular formula is C24H27ClN4O. The Kier molecular flexibility index (Phi) is 6.50. The fourth-order valence-corrected chi connectivity index (χ4v) is 4.32. The molecule has 0 radical (unpaired) electrons. The summed E-state index contributed by atoms with van der Waals surface area (Å²) in [6, 6.07) is 18.0. The first-order valence-electron chi connectivity index (χ1n) is 10.4. The topological polar surface area (TPSA) is 50.2 Å². The summed E-state index contributed by atoms with van der Waals surface area (Å²) in [6.45, 7) is 5.69. The third-order valence-electron chi connectivity index (χ3n) is 5.71. The van der Waals surface area contributed by atoms with Crippen molar-refractivity contribution >= 4 is 17.5 Å². The summed E-state index contributed by atoms with van der Waals surface area (Å²) in [7, 11) is 0. The van der Waals surface area contributed by atoms with Crippen molar-refractivity contribution in [3.05, 3.63) is 82.6 Å². The highest BCUT2D eigenvalue weighted by Gasteiger charge is 2.22. The van der Waals surface area contributed by atoms with Crippen LogP contribution in [0.4, 0.5) is 0 Å². The molecule has 156 valence electrons. The van der Waals surface area contributed by atoms with E-state index in [0.717, 1.165) is 37.4 Å². The average molecular weight is 423 g/mol. The van der Waals surface area contributed by atoms with E-state index in [0.29, 0.717) is 23.0 Å². The minimum atomic E-state index is -0.0686. The first kappa shape index (κ1) is 20.6. The molecular weight excluding hydrogens is 396 g/mol. The van der Waals surface area contributed by atoms with Gasteiger partial charge in [0.2, 0.25) is 0 Å². The van der Waals surface area contributed by atoms with Crippen LogP contribution in [0.25, 0.3) is 5.69 Å². The fourth-order valence-electron chi connectivity index (χ4n) is 4.14. The van der Waals surface area contributed by atoms with Crippen LogP contribution >= 0.6 is 11.6 Å². The van der Waals surface area contributed by atoms with E-state index in [-0.39, 0.29) is 5.91 Å². The van der Waals surface area contributed by atoms with Gasteiger partial charge in [0.05, 0.1) is 23.1 Å². The number of likely N-dealkylation sites (tertiary alicyclic amines) is 1. The number of nitrogens with one attached hydrogen (secondary N) is 1. The van der Waals surface area contributed by atoms with Crippen LogP contribution in [0, 0.1) is 12.8 Å². The van der Waals surface area contributed by atoms with Crippen LogP contribution in [0.2, 0.25) is 5.02 Å². The third kappa shape index (κ3) is 4.91. The number of hydrogen-bond donors (Lipinski definition) is 1. The molecule has 1 aromatic heterocycles. The van der Waals surface area contributed by atoms with Gasteiger partial charge < -0.3 is 5.32 Å². The van der Waals surface area contributed by atoms with E-state index in [1.165, 1.54) is 12.0 Å². The molecule has 2 heterocycles. The SMILES string of the molecule is Cc1c(C(=O)NC[C@H]2CCCN(Cc3ccccc3)C2)cnn1-c1cccc(Cl)c1. The molecule has 1 saturated heterocycles. The highest BCUT2D eigenvalue weighted by atomic mass is 35.5. The lowest BCUT2D eigenvalue weighted by molar-refractivity contribution is 0.0930. The molecule has 1 N–H and O–H groups in total. The predicted octanol–water partition coefficient (Wildman–Crippen LogP) is 4.48. The van der Waals surface area contributed by atoms with E-state index in [9.17, 15) is 4.79 Å². The zero-order chi connectivity index (χ0) is 20.9. The summed E-state index contributed by atoms with van der Waals surface area (Å²) < 4.78 is 1.75. The maximum Gasteiger partial charge on any atom is 0.254 e. The Hall–Kier alpha value is -2.63. The number of nitrogens with zero attached hydrogens (tertiary/aromatic N) is 3. The minimum absolute atomic E-state index is 0.0686. The second kappa shape index (κ2) is 9.45. The summed E-state index contributed by atoms with van der Waals surface area (Å²) >= 11 is 6.09. The van der Waals surface area contributed by atoms with Gasteiger partial charge in [-0.25, -0.2) is 4.68 Å². The third-order valence-corrected chi connectivity index (χ3v) is 5.95. The van der Waals surface area contributed by atoms with Gasteiger partial charge in [0.15, 0.2) is 0 Å². The lowest BCUT2D eigenvalue weighted by Crippen LogP contribution is -2.40. The van der Waals surface area contributed by atoms with Crippen molar-refractivity contribution in [2.75, 3.05) is 19.6 Å². The summed E-state index contributed by atoms with van der Waals surface area (Å²) in [5.74, 6) is 0.399. The summed E-state index contributed by atoms with van der Waals surface area (Å²) in [4.78, 5) is 15.3. The number of carbonyl (C=O) groups excluding carboxylic acids is 1. The van der Waals surface area contributed by atoms with Gasteiger partial charge in [0.1, 0.15) is 0 Å². The van der Waals surface area contributed by atoms with Crippen molar-refractivity contribution in [3.63, 3.8) is 0 Å². The van der Waals surface area contributed by atoms with Crippen molar-refractivity contribution < 1.29 is 4.79 Å². The standard InChI is InChI=1S/C24H27ClN4O/c1-18-23(15-27-29(18)22-11-5-10-21(25)13-22)24(30)26-14-20-9-6-12-28(17-20)16-19-7-3-2-4-8-19/h2-5,7-8,10-11,13,15,20H,6,9,12,14,16-17H2,1H3,(H,26,30)/t20-/m1/s1. The number of piperidine rings is 1. The van der Waals surface area contributed by atoms with Gasteiger partial charge in [-0.3, -0.25) is 9.69 Å². The number of rotatable bonds is 6. The normalized spacial score (nSPS) is 17.1. The molecule has 0 spiro atoms. The maximum absolute atomic E-state index is 12.8. The number of carbonyl (C=O) groups is 1. The maximum atomic E-state index is 12.8. The number of benzene rings is 2. The predicted molar refractivity (Wildman–Crippen MR) is 120 cm³/mol. The molecule has 1 amide bonds. The molecule has 3 aromatic rings. The molecule has 6 heteroatoms. The van der Waals surface area contributed by atoms with Gasteiger partial charge in [0, 0.05) is 24.7 Å². The minimum Gasteiger partial charge on any atom is -0.352 e. The van der Waals surface area contributed by atoms with Gasteiger partial charge in [-0.05, 0) is 56.0 Å². The molecule has 1 aliphatic rings. The molecule has 1 fully saturated rings. The Morgan fingerprint density at radius 3 is 2.83 bits per heavy atom. The summed E-state index contributed by atoms with van der Waals surface area (Å²) in [5.41, 5.74) is 3.60. The van der Waals surface area contributed by atoms with Crippen molar-refractivity contribution in [1.29, 1.82) is 0 Å². The zero-order valence-electron chi connectivity index (χ0n) is 17.2. The highest BCUT2D eigenvalue weighted by molar-refractivity contribution is 6.30. The molecule has 5 nitrogen and oxygen atoms in total. The lowest BCUT2D eigenvalue weighted by atomic mass is 9.97. The van der Waals surface area contributed by atoms with Gasteiger partial charge in [-0.15, -0.1) is 0 Å². The molecule has 1 atom stereocenters. The van der Waals surface area contributed by atoms with Crippen molar-refractivity contribution in [2.24, 2.45) is 5.92 Å². The quantitative estimate of drug-likeness (QED) is 0.637. The van der Waals surface area contributed by atoms with Gasteiger partial charge in [0.25, 0.3) is 5.91 Å². The first-order valence-corrected chi connectivity index (χ1v) is 10.8. The molecule has 0 saturated carbocycles. The van der Waals surface area contributed by atoms with E-state index >= 15 is 0 Å². The largest absolute Gasteiger partial charge is 0.352 e. The summed E-state index contributed by atoms with van der Waals surface area (Å²) in [5, 5.41) is 8.16. The highest BCUT2D eigenvalue weighted by Crippen LogP contribution is 2.20. The monoisotopic (exact) mass is 422 g/mol. The second-order valence-corrected chi connectivity index (χ2v) is 8.41. The number of amides is 1. The Morgan fingerprint density at radius 1 is 1.20 bits per heavy atom. The number of aromatic nitrogens is 2. The fraction of sp³-hybridized carbons (Fsp3) is 0.333. The van der Waals surface area contributed by atoms with E-state index in [1.54, 1.807) is 10.9 Å². The molecule has 0 bridgehead atoms. The second-order valence-electron chi connectivity index (χ2n) is 7.97. The zero-order valence-corrected chi connectivity index (χ0v) is 18.0. The van der Waals surface area contributed by atoms with E-state index < -0.39 is 0 Å². The van der Waals surface area contributed by atoms with E-state index in [2.05, 4.69) is 45.6 Å². The van der Waals surface area contributed by atoms with Crippen LogP contribution in [0.5, 0.6) is 0 Å². The van der Waals surface area contributed by atoms with Crippen molar-refractivity contribution in [3.8, 4) is 5.69 Å². The number of hydrogen-bond acceptors (Lipinski definition) is 3. The Bertz CT molecular complexity index is 1000. The van der Waals surface area contributed by atoms with Crippen LogP contribution in [0.3, 0.4) is 0 Å². The van der Waals surface area contributed by atoms with E-state index in [4.69, 9.17) is 11.6 Å². The van der Waals surface area contributed by atoms with Crippen LogP contribution < -0.4 is 5.32 Å². The molecule has 1 aliphatic heterocycles. The molecule has 30 heavy (non-hydrogen) atoms. The van der Waals surface area contributed by atoms with Crippen molar-refractivity contribution in [2.45, 2.75) is 26.3 Å². The Balaban J connectivity index is 1.34. The summed E-state index contributed by atoms with van der Waals surface area (Å²) in [6.07, 6.45) is 3.94. The molecule has 0 unspecified atom stereocenters. The van der Waals surface area contributed by atoms with Crippen molar-refractivity contribution in [1.82, 2.24) is 20.0 Å². The molecule has 0 aliphatic carbocycles. The Labute approximate surface area is 182 Å². The van der Waals surface area contributed by atoms with Crippen LogP contribution in [0.1, 0.15) is 34.5 Å². The Morgan fingerprint density at radius 2 is 2.03 bits per heavy atom. The van der Waals surface area contributed by atoms with Gasteiger partial charge in [-0.2, -0.15) is 5.10 Å². The number of halogens is 1. The van der Waals surface area contributed by atoms with E-state index in [1.807, 2.05) is 31.2 Å². The van der Waals surface area contributed by atoms with Crippen LogP contribution in [-0.2, 0) is 6.54 Å².